The van der Waals surface area contributed by atoms with Crippen LogP contribution in [0.2, 0.25) is 0 Å². The number of rotatable bonds is 4. The fourth-order valence-electron chi connectivity index (χ4n) is 2.69. The highest BCUT2D eigenvalue weighted by Gasteiger charge is 2.41. The molecule has 1 amide bonds. The van der Waals surface area contributed by atoms with E-state index in [-0.39, 0.29) is 12.1 Å². The number of nitrogens with one attached hydrogen (secondary N) is 1. The molecule has 1 aliphatic rings. The molecule has 0 spiro atoms. The van der Waals surface area contributed by atoms with Gasteiger partial charge < -0.3 is 5.32 Å². The van der Waals surface area contributed by atoms with Crippen molar-refractivity contribution in [3.63, 3.8) is 0 Å². The van der Waals surface area contributed by atoms with Crippen molar-refractivity contribution in [3.05, 3.63) is 35.9 Å². The molecule has 0 bridgehead atoms. The number of amides is 1. The summed E-state index contributed by atoms with van der Waals surface area (Å²) in [7, 11) is 1.99. The lowest BCUT2D eigenvalue weighted by Crippen LogP contribution is -2.47. The Bertz CT molecular complexity index is 490. The van der Waals surface area contributed by atoms with Gasteiger partial charge in [-0.15, -0.1) is 0 Å². The third kappa shape index (κ3) is 3.23. The molecule has 1 aromatic carbocycles. The van der Waals surface area contributed by atoms with Crippen molar-refractivity contribution in [3.8, 4) is 0 Å². The van der Waals surface area contributed by atoms with E-state index in [1.165, 1.54) is 13.8 Å². The van der Waals surface area contributed by atoms with Crippen molar-refractivity contribution in [2.24, 2.45) is 5.41 Å². The zero-order valence-electron chi connectivity index (χ0n) is 12.6. The molecule has 2 atom stereocenters. The van der Waals surface area contributed by atoms with Crippen molar-refractivity contribution in [2.75, 3.05) is 13.6 Å². The van der Waals surface area contributed by atoms with Gasteiger partial charge in [-0.05, 0) is 32.9 Å². The van der Waals surface area contributed by atoms with Gasteiger partial charge in [0.25, 0.3) is 6.43 Å². The summed E-state index contributed by atoms with van der Waals surface area (Å²) in [4.78, 5) is 14.3. The second kappa shape index (κ2) is 6.10. The summed E-state index contributed by atoms with van der Waals surface area (Å²) < 4.78 is 25.9. The van der Waals surface area contributed by atoms with E-state index in [0.717, 1.165) is 18.5 Å². The summed E-state index contributed by atoms with van der Waals surface area (Å²) in [6.07, 6.45) is -1.91. The van der Waals surface area contributed by atoms with Crippen LogP contribution < -0.4 is 5.32 Å². The van der Waals surface area contributed by atoms with E-state index in [4.69, 9.17) is 0 Å². The second-order valence-corrected chi connectivity index (χ2v) is 6.23. The zero-order valence-corrected chi connectivity index (χ0v) is 12.6. The molecule has 0 radical (unpaired) electrons. The van der Waals surface area contributed by atoms with Crippen molar-refractivity contribution >= 4 is 5.91 Å². The summed E-state index contributed by atoms with van der Waals surface area (Å²) >= 11 is 0. The third-order valence-corrected chi connectivity index (χ3v) is 4.24. The molecule has 21 heavy (non-hydrogen) atoms. The van der Waals surface area contributed by atoms with E-state index in [0.29, 0.717) is 0 Å². The van der Waals surface area contributed by atoms with Crippen LogP contribution in [0.4, 0.5) is 8.78 Å². The molecule has 1 fully saturated rings. The predicted molar refractivity (Wildman–Crippen MR) is 78.1 cm³/mol. The van der Waals surface area contributed by atoms with Gasteiger partial charge in [0.1, 0.15) is 5.41 Å². The smallest absolute Gasteiger partial charge is 0.252 e. The summed E-state index contributed by atoms with van der Waals surface area (Å²) in [5.41, 5.74) is -0.569. The Morgan fingerprint density at radius 1 is 1.33 bits per heavy atom. The minimum Gasteiger partial charge on any atom is -0.351 e. The van der Waals surface area contributed by atoms with Crippen LogP contribution in [0.3, 0.4) is 0 Å². The molecule has 0 saturated carbocycles. The van der Waals surface area contributed by atoms with Crippen molar-refractivity contribution < 1.29 is 13.6 Å². The quantitative estimate of drug-likeness (QED) is 0.926. The van der Waals surface area contributed by atoms with Crippen LogP contribution in [0.25, 0.3) is 0 Å². The van der Waals surface area contributed by atoms with Crippen molar-refractivity contribution in [1.82, 2.24) is 10.2 Å². The summed E-state index contributed by atoms with van der Waals surface area (Å²) in [6.45, 7) is 3.39. The number of carbonyl (C=O) groups excluding carboxylic acids is 1. The molecule has 5 heteroatoms. The van der Waals surface area contributed by atoms with Crippen LogP contribution in [0, 0.1) is 5.41 Å². The number of likely N-dealkylation sites (tertiary alicyclic amines) is 1. The molecule has 1 N–H and O–H groups in total. The summed E-state index contributed by atoms with van der Waals surface area (Å²) in [6, 6.07) is 9.73. The standard InChI is InChI=1S/C16H22F2N2O/c1-16(2,14(17)18)15(21)19-12-9-10-20(3)13(12)11-7-5-4-6-8-11/h4-8,12-14H,9-10H2,1-3H3,(H,19,21)/t12-,13+/m1/s1. The van der Waals surface area contributed by atoms with Crippen LogP contribution in [0.5, 0.6) is 0 Å². The first-order valence-corrected chi connectivity index (χ1v) is 7.18. The Hall–Kier alpha value is -1.49. The van der Waals surface area contributed by atoms with Crippen molar-refractivity contribution in [2.45, 2.75) is 38.8 Å². The van der Waals surface area contributed by atoms with Crippen LogP contribution in [0.15, 0.2) is 30.3 Å². The highest BCUT2D eigenvalue weighted by molar-refractivity contribution is 5.82. The molecule has 1 aromatic rings. The van der Waals surface area contributed by atoms with E-state index in [9.17, 15) is 13.6 Å². The largest absolute Gasteiger partial charge is 0.351 e. The first-order valence-electron chi connectivity index (χ1n) is 7.18. The summed E-state index contributed by atoms with van der Waals surface area (Å²) in [5, 5.41) is 2.82. The van der Waals surface area contributed by atoms with E-state index in [1.54, 1.807) is 0 Å². The molecule has 116 valence electrons. The predicted octanol–water partition coefficient (Wildman–Crippen LogP) is 2.84. The minimum atomic E-state index is -2.67. The SMILES string of the molecule is CN1CC[C@@H](NC(=O)C(C)(C)C(F)F)[C@@H]1c1ccccc1. The lowest BCUT2D eigenvalue weighted by atomic mass is 9.91. The molecule has 1 heterocycles. The van der Waals surface area contributed by atoms with Crippen LogP contribution in [0.1, 0.15) is 31.9 Å². The van der Waals surface area contributed by atoms with Gasteiger partial charge in [0, 0.05) is 12.6 Å². The monoisotopic (exact) mass is 296 g/mol. The average molecular weight is 296 g/mol. The normalized spacial score (nSPS) is 23.5. The number of halogens is 2. The Labute approximate surface area is 124 Å². The number of carbonyl (C=O) groups is 1. The maximum absolute atomic E-state index is 13.0. The number of nitrogens with zero attached hydrogens (tertiary/aromatic N) is 1. The average Bonchev–Trinajstić information content (AvgIpc) is 2.80. The number of benzene rings is 1. The van der Waals surface area contributed by atoms with Crippen LogP contribution >= 0.6 is 0 Å². The van der Waals surface area contributed by atoms with Gasteiger partial charge in [0.15, 0.2) is 0 Å². The molecular weight excluding hydrogens is 274 g/mol. The second-order valence-electron chi connectivity index (χ2n) is 6.23. The Morgan fingerprint density at radius 2 is 1.95 bits per heavy atom. The molecule has 3 nitrogen and oxygen atoms in total. The highest BCUT2D eigenvalue weighted by atomic mass is 19.3. The molecule has 2 rings (SSSR count). The molecule has 1 saturated heterocycles. The van der Waals surface area contributed by atoms with E-state index in [1.807, 2.05) is 37.4 Å². The highest BCUT2D eigenvalue weighted by Crippen LogP contribution is 2.32. The van der Waals surface area contributed by atoms with E-state index in [2.05, 4.69) is 10.2 Å². The Kier molecular flexibility index (Phi) is 4.61. The number of likely N-dealkylation sites (N-methyl/N-ethyl adjacent to an activating group) is 1. The summed E-state index contributed by atoms with van der Waals surface area (Å²) in [5.74, 6) is -0.585. The van der Waals surface area contributed by atoms with Crippen molar-refractivity contribution in [1.29, 1.82) is 0 Å². The van der Waals surface area contributed by atoms with E-state index < -0.39 is 17.7 Å². The Morgan fingerprint density at radius 3 is 2.52 bits per heavy atom. The maximum atomic E-state index is 13.0. The minimum absolute atomic E-state index is 0.0311. The molecular formula is C16H22F2N2O. The van der Waals surface area contributed by atoms with Crippen LogP contribution in [-0.4, -0.2) is 36.9 Å². The zero-order chi connectivity index (χ0) is 15.6. The lowest BCUT2D eigenvalue weighted by molar-refractivity contribution is -0.138. The first-order chi connectivity index (χ1) is 9.84. The molecule has 0 aromatic heterocycles. The fraction of sp³-hybridized carbons (Fsp3) is 0.562. The van der Waals surface area contributed by atoms with Gasteiger partial charge >= 0.3 is 0 Å². The molecule has 1 aliphatic heterocycles. The van der Waals surface area contributed by atoms with Gasteiger partial charge in [0.2, 0.25) is 5.91 Å². The lowest BCUT2D eigenvalue weighted by Gasteiger charge is -2.29. The van der Waals surface area contributed by atoms with Crippen LogP contribution in [-0.2, 0) is 4.79 Å². The van der Waals surface area contributed by atoms with Gasteiger partial charge in [-0.1, -0.05) is 30.3 Å². The number of hydrogen-bond acceptors (Lipinski definition) is 2. The van der Waals surface area contributed by atoms with Gasteiger partial charge in [0.05, 0.1) is 6.04 Å². The number of alkyl halides is 2. The Balaban J connectivity index is 2.14. The topological polar surface area (TPSA) is 32.3 Å². The fourth-order valence-corrected chi connectivity index (χ4v) is 2.69. The van der Waals surface area contributed by atoms with Gasteiger partial charge in [-0.25, -0.2) is 8.78 Å². The molecule has 0 unspecified atom stereocenters. The number of hydrogen-bond donors (Lipinski definition) is 1. The van der Waals surface area contributed by atoms with Gasteiger partial charge in [-0.2, -0.15) is 0 Å². The van der Waals surface area contributed by atoms with Gasteiger partial charge in [-0.3, -0.25) is 9.69 Å². The molecule has 0 aliphatic carbocycles. The first kappa shape index (κ1) is 15.9. The maximum Gasteiger partial charge on any atom is 0.252 e. The van der Waals surface area contributed by atoms with E-state index >= 15 is 0 Å². The third-order valence-electron chi connectivity index (χ3n) is 4.24.